The molecule has 8 heteroatoms. The number of alkyl halides is 3. The van der Waals surface area contributed by atoms with Crippen LogP contribution in [0.4, 0.5) is 17.6 Å². The predicted molar refractivity (Wildman–Crippen MR) is 103 cm³/mol. The largest absolute Gasteiger partial charge is 0.573 e. The summed E-state index contributed by atoms with van der Waals surface area (Å²) >= 11 is 0. The van der Waals surface area contributed by atoms with Crippen LogP contribution in [0.3, 0.4) is 0 Å². The average Bonchev–Trinajstić information content (AvgIpc) is 2.72. The van der Waals surface area contributed by atoms with Gasteiger partial charge in [-0.15, -0.1) is 13.2 Å². The van der Waals surface area contributed by atoms with E-state index in [0.29, 0.717) is 32.6 Å². The monoisotopic (exact) mass is 423 g/mol. The number of rotatable bonds is 6. The Morgan fingerprint density at radius 1 is 1.10 bits per heavy atom. The van der Waals surface area contributed by atoms with Gasteiger partial charge in [0.2, 0.25) is 5.91 Å². The topological polar surface area (TPSA) is 47.6 Å². The first-order valence-electron chi connectivity index (χ1n) is 9.42. The third kappa shape index (κ3) is 5.82. The number of amides is 1. The number of benzene rings is 2. The van der Waals surface area contributed by atoms with Crippen molar-refractivity contribution in [3.63, 3.8) is 0 Å². The van der Waals surface area contributed by atoms with Crippen LogP contribution in [-0.2, 0) is 14.9 Å². The number of para-hydroxylation sites is 1. The first-order chi connectivity index (χ1) is 14.3. The Kier molecular flexibility index (Phi) is 6.77. The molecular weight excluding hydrogens is 402 g/mol. The Hall–Kier alpha value is -2.87. The standard InChI is InChI=1S/C22H21F4NO3/c23-18-8-6-17(7-9-18)21(11-13-29-14-12-21)15-27-20(28)10-5-16-3-1-2-4-19(16)30-22(24,25)26/h1-10H,11-15H2,(H,27,28). The lowest BCUT2D eigenvalue weighted by molar-refractivity contribution is -0.274. The van der Waals surface area contributed by atoms with Gasteiger partial charge in [0.25, 0.3) is 0 Å². The van der Waals surface area contributed by atoms with E-state index in [2.05, 4.69) is 10.1 Å². The van der Waals surface area contributed by atoms with Crippen LogP contribution in [0.5, 0.6) is 5.75 Å². The van der Waals surface area contributed by atoms with E-state index in [9.17, 15) is 22.4 Å². The summed E-state index contributed by atoms with van der Waals surface area (Å²) in [5.74, 6) is -1.18. The molecule has 4 nitrogen and oxygen atoms in total. The van der Waals surface area contributed by atoms with Gasteiger partial charge >= 0.3 is 6.36 Å². The van der Waals surface area contributed by atoms with Gasteiger partial charge in [0, 0.05) is 36.8 Å². The van der Waals surface area contributed by atoms with Gasteiger partial charge in [0.1, 0.15) is 11.6 Å². The molecule has 2 aromatic carbocycles. The van der Waals surface area contributed by atoms with Gasteiger partial charge in [-0.1, -0.05) is 30.3 Å². The van der Waals surface area contributed by atoms with Crippen molar-refractivity contribution >= 4 is 12.0 Å². The molecule has 0 saturated carbocycles. The molecule has 3 rings (SSSR count). The molecule has 30 heavy (non-hydrogen) atoms. The molecule has 1 heterocycles. The van der Waals surface area contributed by atoms with Crippen molar-refractivity contribution < 1.29 is 31.8 Å². The Bertz CT molecular complexity index is 888. The molecule has 0 bridgehead atoms. The van der Waals surface area contributed by atoms with Crippen LogP contribution in [0.2, 0.25) is 0 Å². The predicted octanol–water partition coefficient (Wildman–Crippen LogP) is 4.60. The zero-order chi connectivity index (χ0) is 21.6. The van der Waals surface area contributed by atoms with Crippen LogP contribution in [-0.4, -0.2) is 32.0 Å². The van der Waals surface area contributed by atoms with Crippen LogP contribution in [0, 0.1) is 5.82 Å². The second-order valence-corrected chi connectivity index (χ2v) is 7.04. The number of carbonyl (C=O) groups excluding carboxylic acids is 1. The third-order valence-corrected chi connectivity index (χ3v) is 5.07. The van der Waals surface area contributed by atoms with Crippen molar-refractivity contribution in [2.45, 2.75) is 24.6 Å². The number of nitrogens with one attached hydrogen (secondary N) is 1. The van der Waals surface area contributed by atoms with E-state index in [1.807, 2.05) is 0 Å². The first-order valence-corrected chi connectivity index (χ1v) is 9.42. The number of hydrogen-bond donors (Lipinski definition) is 1. The summed E-state index contributed by atoms with van der Waals surface area (Å²) in [4.78, 5) is 12.3. The minimum Gasteiger partial charge on any atom is -0.405 e. The maximum absolute atomic E-state index is 13.3. The highest BCUT2D eigenvalue weighted by molar-refractivity contribution is 5.92. The zero-order valence-electron chi connectivity index (χ0n) is 16.0. The summed E-state index contributed by atoms with van der Waals surface area (Å²) in [5.41, 5.74) is 0.636. The molecule has 0 spiro atoms. The van der Waals surface area contributed by atoms with Crippen molar-refractivity contribution in [1.29, 1.82) is 0 Å². The molecular formula is C22H21F4NO3. The van der Waals surface area contributed by atoms with Gasteiger partial charge in [-0.2, -0.15) is 0 Å². The van der Waals surface area contributed by atoms with Crippen molar-refractivity contribution in [3.8, 4) is 5.75 Å². The maximum atomic E-state index is 13.3. The van der Waals surface area contributed by atoms with E-state index < -0.39 is 17.7 Å². The highest BCUT2D eigenvalue weighted by Crippen LogP contribution is 2.34. The van der Waals surface area contributed by atoms with Crippen LogP contribution in [0.25, 0.3) is 6.08 Å². The second kappa shape index (κ2) is 9.30. The van der Waals surface area contributed by atoms with E-state index in [4.69, 9.17) is 4.74 Å². The minimum atomic E-state index is -4.82. The van der Waals surface area contributed by atoms with E-state index in [1.54, 1.807) is 18.2 Å². The first kappa shape index (κ1) is 21.8. The lowest BCUT2D eigenvalue weighted by Crippen LogP contribution is -2.44. The Balaban J connectivity index is 1.69. The van der Waals surface area contributed by atoms with Gasteiger partial charge in [-0.25, -0.2) is 4.39 Å². The quantitative estimate of drug-likeness (QED) is 0.546. The molecule has 0 atom stereocenters. The lowest BCUT2D eigenvalue weighted by atomic mass is 9.74. The molecule has 1 aliphatic heterocycles. The molecule has 1 fully saturated rings. The van der Waals surface area contributed by atoms with Crippen LogP contribution >= 0.6 is 0 Å². The molecule has 0 aromatic heterocycles. The van der Waals surface area contributed by atoms with Gasteiger partial charge in [-0.3, -0.25) is 4.79 Å². The Morgan fingerprint density at radius 3 is 2.43 bits per heavy atom. The Morgan fingerprint density at radius 2 is 1.77 bits per heavy atom. The van der Waals surface area contributed by atoms with Gasteiger partial charge < -0.3 is 14.8 Å². The van der Waals surface area contributed by atoms with Gasteiger partial charge in [0.05, 0.1) is 0 Å². The lowest BCUT2D eigenvalue weighted by Gasteiger charge is -2.37. The number of hydrogen-bond acceptors (Lipinski definition) is 3. The highest BCUT2D eigenvalue weighted by atomic mass is 19.4. The van der Waals surface area contributed by atoms with Crippen LogP contribution < -0.4 is 10.1 Å². The van der Waals surface area contributed by atoms with E-state index in [-0.39, 0.29) is 17.1 Å². The number of halogens is 4. The zero-order valence-corrected chi connectivity index (χ0v) is 16.0. The molecule has 1 aliphatic rings. The molecule has 2 aromatic rings. The summed E-state index contributed by atoms with van der Waals surface area (Å²) < 4.78 is 60.3. The van der Waals surface area contributed by atoms with Gasteiger partial charge in [0.15, 0.2) is 0 Å². The third-order valence-electron chi connectivity index (χ3n) is 5.07. The summed E-state index contributed by atoms with van der Waals surface area (Å²) in [6.07, 6.45) is -1.08. The SMILES string of the molecule is O=C(C=Cc1ccccc1OC(F)(F)F)NCC1(c2ccc(F)cc2)CCOCC1. The van der Waals surface area contributed by atoms with Gasteiger partial charge in [-0.05, 0) is 42.7 Å². The molecule has 0 unspecified atom stereocenters. The molecule has 1 amide bonds. The minimum absolute atomic E-state index is 0.129. The molecule has 0 radical (unpaired) electrons. The van der Waals surface area contributed by atoms with Crippen molar-refractivity contribution in [2.75, 3.05) is 19.8 Å². The van der Waals surface area contributed by atoms with Crippen LogP contribution in [0.15, 0.2) is 54.6 Å². The molecule has 0 aliphatic carbocycles. The molecule has 1 N–H and O–H groups in total. The van der Waals surface area contributed by atoms with E-state index in [1.165, 1.54) is 36.4 Å². The summed E-state index contributed by atoms with van der Waals surface area (Å²) in [6, 6.07) is 11.7. The Labute approximate surface area is 171 Å². The normalized spacial score (nSPS) is 16.4. The van der Waals surface area contributed by atoms with Crippen molar-refractivity contribution in [3.05, 3.63) is 71.6 Å². The van der Waals surface area contributed by atoms with Crippen molar-refractivity contribution in [2.24, 2.45) is 0 Å². The fraction of sp³-hybridized carbons (Fsp3) is 0.318. The molecule has 1 saturated heterocycles. The summed E-state index contributed by atoms with van der Waals surface area (Å²) in [7, 11) is 0. The smallest absolute Gasteiger partial charge is 0.405 e. The summed E-state index contributed by atoms with van der Waals surface area (Å²) in [5, 5.41) is 2.81. The average molecular weight is 423 g/mol. The highest BCUT2D eigenvalue weighted by Gasteiger charge is 2.35. The number of ether oxygens (including phenoxy) is 2. The fourth-order valence-corrected chi connectivity index (χ4v) is 3.45. The van der Waals surface area contributed by atoms with Crippen molar-refractivity contribution in [1.82, 2.24) is 5.32 Å². The fourth-order valence-electron chi connectivity index (χ4n) is 3.45. The molecule has 160 valence electrons. The maximum Gasteiger partial charge on any atom is 0.573 e. The van der Waals surface area contributed by atoms with E-state index in [0.717, 1.165) is 11.6 Å². The number of carbonyl (C=O) groups is 1. The summed E-state index contributed by atoms with van der Waals surface area (Å²) in [6.45, 7) is 1.34. The van der Waals surface area contributed by atoms with E-state index >= 15 is 0 Å². The second-order valence-electron chi connectivity index (χ2n) is 7.04. The van der Waals surface area contributed by atoms with Crippen LogP contribution in [0.1, 0.15) is 24.0 Å².